The van der Waals surface area contributed by atoms with Gasteiger partial charge in [-0.3, -0.25) is 0 Å². The Labute approximate surface area is 165 Å². The fourth-order valence-corrected chi connectivity index (χ4v) is 3.47. The number of anilines is 2. The number of hydrogen-bond donors (Lipinski definition) is 0. The maximum Gasteiger partial charge on any atom is 0.440 e. The molecule has 0 aliphatic carbocycles. The van der Waals surface area contributed by atoms with Gasteiger partial charge in [0, 0.05) is 10.2 Å². The molecule has 0 N–H and O–H groups in total. The van der Waals surface area contributed by atoms with E-state index in [1.807, 2.05) is 78.9 Å². The molecule has 1 aliphatic rings. The van der Waals surface area contributed by atoms with Gasteiger partial charge in [0.1, 0.15) is 5.75 Å². The molecule has 6 heteroatoms. The fourth-order valence-electron chi connectivity index (χ4n) is 3.09. The van der Waals surface area contributed by atoms with Crippen LogP contribution in [-0.2, 0) is 4.84 Å². The van der Waals surface area contributed by atoms with Crippen LogP contribution in [0.4, 0.5) is 16.2 Å². The van der Waals surface area contributed by atoms with E-state index < -0.39 is 12.3 Å². The smallest absolute Gasteiger partial charge is 0.440 e. The molecule has 0 radical (unpaired) electrons. The largest absolute Gasteiger partial charge is 0.497 e. The molecule has 0 spiro atoms. The number of methoxy groups -OCH3 is 1. The lowest BCUT2D eigenvalue weighted by molar-refractivity contribution is 0.164. The predicted octanol–water partition coefficient (Wildman–Crippen LogP) is 5.53. The Bertz CT molecular complexity index is 947. The molecule has 136 valence electrons. The normalized spacial score (nSPS) is 16.4. The zero-order chi connectivity index (χ0) is 18.8. The first-order valence-corrected chi connectivity index (χ1v) is 9.21. The van der Waals surface area contributed by atoms with E-state index in [1.54, 1.807) is 17.1 Å². The fraction of sp³-hybridized carbons (Fsp3) is 0.0952. The molecule has 1 fully saturated rings. The van der Waals surface area contributed by atoms with Gasteiger partial charge >= 0.3 is 6.09 Å². The second-order valence-corrected chi connectivity index (χ2v) is 6.93. The summed E-state index contributed by atoms with van der Waals surface area (Å²) in [5.74, 6) is 0.754. The predicted molar refractivity (Wildman–Crippen MR) is 108 cm³/mol. The van der Waals surface area contributed by atoms with E-state index >= 15 is 0 Å². The molecule has 3 aromatic carbocycles. The van der Waals surface area contributed by atoms with Crippen molar-refractivity contribution in [2.45, 2.75) is 6.17 Å². The molecule has 1 heterocycles. The monoisotopic (exact) mass is 424 g/mol. The van der Waals surface area contributed by atoms with Crippen molar-refractivity contribution in [2.75, 3.05) is 17.1 Å². The Kier molecular flexibility index (Phi) is 4.73. The number of nitrogens with zero attached hydrogens (tertiary/aromatic N) is 2. The third-order valence-electron chi connectivity index (χ3n) is 4.35. The minimum atomic E-state index is -0.444. The highest BCUT2D eigenvalue weighted by molar-refractivity contribution is 9.10. The van der Waals surface area contributed by atoms with Crippen molar-refractivity contribution in [3.05, 3.63) is 88.9 Å². The number of carbonyl (C=O) groups is 1. The third-order valence-corrected chi connectivity index (χ3v) is 4.84. The van der Waals surface area contributed by atoms with Gasteiger partial charge in [-0.05, 0) is 48.0 Å². The van der Waals surface area contributed by atoms with Crippen LogP contribution in [0.1, 0.15) is 11.7 Å². The maximum absolute atomic E-state index is 12.8. The van der Waals surface area contributed by atoms with Gasteiger partial charge < -0.3 is 9.57 Å². The summed E-state index contributed by atoms with van der Waals surface area (Å²) >= 11 is 3.48. The van der Waals surface area contributed by atoms with Crippen molar-refractivity contribution in [3.63, 3.8) is 0 Å². The Morgan fingerprint density at radius 2 is 1.63 bits per heavy atom. The van der Waals surface area contributed by atoms with E-state index in [9.17, 15) is 4.79 Å². The summed E-state index contributed by atoms with van der Waals surface area (Å²) in [5, 5.41) is 1.63. The van der Waals surface area contributed by atoms with Crippen LogP contribution in [0.5, 0.6) is 5.75 Å². The number of benzene rings is 3. The van der Waals surface area contributed by atoms with Crippen molar-refractivity contribution in [1.29, 1.82) is 0 Å². The molecule has 3 aromatic rings. The van der Waals surface area contributed by atoms with Crippen LogP contribution in [0.25, 0.3) is 0 Å². The molecule has 5 nitrogen and oxygen atoms in total. The van der Waals surface area contributed by atoms with Crippen LogP contribution in [-0.4, -0.2) is 13.2 Å². The Morgan fingerprint density at radius 3 is 2.30 bits per heavy atom. The molecular weight excluding hydrogens is 408 g/mol. The zero-order valence-corrected chi connectivity index (χ0v) is 16.2. The lowest BCUT2D eigenvalue weighted by atomic mass is 10.1. The maximum atomic E-state index is 12.8. The molecule has 27 heavy (non-hydrogen) atoms. The van der Waals surface area contributed by atoms with Crippen molar-refractivity contribution >= 4 is 33.4 Å². The van der Waals surface area contributed by atoms with E-state index in [0.29, 0.717) is 0 Å². The minimum Gasteiger partial charge on any atom is -0.497 e. The van der Waals surface area contributed by atoms with Gasteiger partial charge in [-0.2, -0.15) is 5.06 Å². The van der Waals surface area contributed by atoms with E-state index in [1.165, 1.54) is 0 Å². The van der Waals surface area contributed by atoms with Gasteiger partial charge in [-0.25, -0.2) is 9.69 Å². The second-order valence-electron chi connectivity index (χ2n) is 6.02. The number of hydroxylamine groups is 1. The topological polar surface area (TPSA) is 42.0 Å². The SMILES string of the molecule is COc1ccc(C2N(c3cccc(Br)c3)OC(=O)N2c2ccccc2)cc1. The van der Waals surface area contributed by atoms with E-state index in [0.717, 1.165) is 27.2 Å². The highest BCUT2D eigenvalue weighted by Gasteiger charge is 2.42. The minimum absolute atomic E-state index is 0.429. The van der Waals surface area contributed by atoms with Crippen LogP contribution in [0.2, 0.25) is 0 Å². The summed E-state index contributed by atoms with van der Waals surface area (Å²) < 4.78 is 6.17. The quantitative estimate of drug-likeness (QED) is 0.551. The first-order chi connectivity index (χ1) is 13.2. The average Bonchev–Trinajstić information content (AvgIpc) is 3.06. The summed E-state index contributed by atoms with van der Waals surface area (Å²) in [6.45, 7) is 0. The molecule has 4 rings (SSSR count). The first-order valence-electron chi connectivity index (χ1n) is 8.42. The molecule has 1 amide bonds. The summed E-state index contributed by atoms with van der Waals surface area (Å²) in [7, 11) is 1.63. The second kappa shape index (κ2) is 7.32. The Hall–Kier alpha value is -2.99. The number of carbonyl (C=O) groups excluding carboxylic acids is 1. The van der Waals surface area contributed by atoms with Crippen molar-refractivity contribution in [3.8, 4) is 5.75 Å². The molecule has 1 atom stereocenters. The van der Waals surface area contributed by atoms with Crippen LogP contribution >= 0.6 is 15.9 Å². The lowest BCUT2D eigenvalue weighted by Gasteiger charge is -2.27. The summed E-state index contributed by atoms with van der Waals surface area (Å²) in [6.07, 6.45) is -0.873. The Balaban J connectivity index is 1.82. The highest BCUT2D eigenvalue weighted by Crippen LogP contribution is 2.40. The van der Waals surface area contributed by atoms with Gasteiger partial charge in [0.2, 0.25) is 0 Å². The Morgan fingerprint density at radius 1 is 0.926 bits per heavy atom. The van der Waals surface area contributed by atoms with Crippen molar-refractivity contribution in [1.82, 2.24) is 0 Å². The number of amides is 1. The molecular formula is C21H17BrN2O3. The van der Waals surface area contributed by atoms with Gasteiger partial charge in [-0.15, -0.1) is 0 Å². The van der Waals surface area contributed by atoms with E-state index in [2.05, 4.69) is 15.9 Å². The number of ether oxygens (including phenoxy) is 1. The average molecular weight is 425 g/mol. The zero-order valence-electron chi connectivity index (χ0n) is 14.6. The van der Waals surface area contributed by atoms with Gasteiger partial charge in [0.15, 0.2) is 6.17 Å². The molecule has 1 unspecified atom stereocenters. The first kappa shape index (κ1) is 17.4. The molecule has 1 aliphatic heterocycles. The number of rotatable bonds is 4. The molecule has 1 saturated heterocycles. The molecule has 0 saturated carbocycles. The lowest BCUT2D eigenvalue weighted by Crippen LogP contribution is -2.31. The van der Waals surface area contributed by atoms with Crippen LogP contribution in [0, 0.1) is 0 Å². The molecule has 0 bridgehead atoms. The van der Waals surface area contributed by atoms with Crippen molar-refractivity contribution < 1.29 is 14.4 Å². The van der Waals surface area contributed by atoms with Crippen molar-refractivity contribution in [2.24, 2.45) is 0 Å². The standard InChI is InChI=1S/C21H17BrN2O3/c1-26-19-12-10-15(11-13-19)20-23(17-7-3-2-4-8-17)21(25)27-24(20)18-9-5-6-16(22)14-18/h2-14,20H,1H3. The summed E-state index contributed by atoms with van der Waals surface area (Å²) in [5.41, 5.74) is 2.45. The van der Waals surface area contributed by atoms with Gasteiger partial charge in [0.25, 0.3) is 0 Å². The number of hydrogen-bond acceptors (Lipinski definition) is 4. The summed E-state index contributed by atoms with van der Waals surface area (Å²) in [6, 6.07) is 24.8. The number of halogens is 1. The van der Waals surface area contributed by atoms with Crippen LogP contribution in [0.15, 0.2) is 83.3 Å². The highest BCUT2D eigenvalue weighted by atomic mass is 79.9. The third kappa shape index (κ3) is 3.36. The number of para-hydroxylation sites is 1. The van der Waals surface area contributed by atoms with Gasteiger partial charge in [-0.1, -0.05) is 52.3 Å². The molecule has 0 aromatic heterocycles. The van der Waals surface area contributed by atoms with E-state index in [4.69, 9.17) is 9.57 Å². The summed E-state index contributed by atoms with van der Waals surface area (Å²) in [4.78, 5) is 20.1. The van der Waals surface area contributed by atoms with Crippen LogP contribution < -0.4 is 14.7 Å². The van der Waals surface area contributed by atoms with E-state index in [-0.39, 0.29) is 0 Å². The van der Waals surface area contributed by atoms with Crippen LogP contribution in [0.3, 0.4) is 0 Å². The van der Waals surface area contributed by atoms with Gasteiger partial charge in [0.05, 0.1) is 12.8 Å².